The molecular weight excluding hydrogens is 502 g/mol. The molecule has 0 fully saturated rings. The SMILES string of the molecule is C=CCN1C(=O)N[C@@H](c2ccc(C)cc2)C2=C1CN([C@H](Cc1ccccc1)C(=O)NCCc1ccccn1)C2=O. The molecule has 8 nitrogen and oxygen atoms in total. The predicted octanol–water partition coefficient (Wildman–Crippen LogP) is 3.71. The number of urea groups is 1. The lowest BCUT2D eigenvalue weighted by Crippen LogP contribution is -2.50. The van der Waals surface area contributed by atoms with E-state index in [9.17, 15) is 14.4 Å². The number of carbonyl (C=O) groups excluding carboxylic acids is 3. The highest BCUT2D eigenvalue weighted by molar-refractivity contribution is 6.03. The molecular formula is C32H33N5O3. The number of nitrogens with zero attached hydrogens (tertiary/aromatic N) is 3. The van der Waals surface area contributed by atoms with Crippen LogP contribution in [0.25, 0.3) is 0 Å². The van der Waals surface area contributed by atoms with E-state index < -0.39 is 12.1 Å². The Morgan fingerprint density at radius 3 is 2.55 bits per heavy atom. The molecule has 2 atom stereocenters. The third-order valence-electron chi connectivity index (χ3n) is 7.33. The van der Waals surface area contributed by atoms with Crippen LogP contribution >= 0.6 is 0 Å². The van der Waals surface area contributed by atoms with Gasteiger partial charge in [-0.05, 0) is 30.2 Å². The Bertz CT molecular complexity index is 1420. The first kappa shape index (κ1) is 26.9. The van der Waals surface area contributed by atoms with Crippen LogP contribution in [-0.4, -0.2) is 58.3 Å². The van der Waals surface area contributed by atoms with Gasteiger partial charge >= 0.3 is 6.03 Å². The number of carbonyl (C=O) groups is 3. The maximum Gasteiger partial charge on any atom is 0.322 e. The normalized spacial score (nSPS) is 17.4. The Morgan fingerprint density at radius 1 is 1.10 bits per heavy atom. The Balaban J connectivity index is 1.44. The molecule has 3 heterocycles. The molecule has 0 saturated carbocycles. The van der Waals surface area contributed by atoms with Crippen LogP contribution in [0.3, 0.4) is 0 Å². The molecule has 0 unspecified atom stereocenters. The van der Waals surface area contributed by atoms with E-state index in [1.165, 1.54) is 0 Å². The van der Waals surface area contributed by atoms with Crippen LogP contribution in [0.4, 0.5) is 4.79 Å². The van der Waals surface area contributed by atoms with Crippen LogP contribution in [0.5, 0.6) is 0 Å². The van der Waals surface area contributed by atoms with E-state index in [2.05, 4.69) is 22.2 Å². The number of rotatable bonds is 10. The lowest BCUT2D eigenvalue weighted by molar-refractivity contribution is -0.136. The lowest BCUT2D eigenvalue weighted by Gasteiger charge is -2.33. The molecule has 2 N–H and O–H groups in total. The third kappa shape index (κ3) is 5.66. The number of hydrogen-bond acceptors (Lipinski definition) is 4. The summed E-state index contributed by atoms with van der Waals surface area (Å²) in [6.07, 6.45) is 4.29. The van der Waals surface area contributed by atoms with E-state index in [1.54, 1.807) is 22.1 Å². The summed E-state index contributed by atoms with van der Waals surface area (Å²) in [5.74, 6) is -0.495. The van der Waals surface area contributed by atoms with Crippen LogP contribution in [0.1, 0.15) is 28.4 Å². The second-order valence-electron chi connectivity index (χ2n) is 10.1. The number of aryl methyl sites for hydroxylation is 1. The molecule has 0 aliphatic carbocycles. The summed E-state index contributed by atoms with van der Waals surface area (Å²) >= 11 is 0. The first-order valence-corrected chi connectivity index (χ1v) is 13.5. The van der Waals surface area contributed by atoms with Crippen LogP contribution < -0.4 is 10.6 Å². The molecule has 1 aromatic heterocycles. The van der Waals surface area contributed by atoms with Crippen molar-refractivity contribution >= 4 is 17.8 Å². The maximum atomic E-state index is 14.2. The summed E-state index contributed by atoms with van der Waals surface area (Å²) in [6, 6.07) is 21.5. The van der Waals surface area contributed by atoms with Crippen molar-refractivity contribution in [3.63, 3.8) is 0 Å². The van der Waals surface area contributed by atoms with E-state index in [1.807, 2.05) is 79.7 Å². The topological polar surface area (TPSA) is 94.6 Å². The Labute approximate surface area is 234 Å². The van der Waals surface area contributed by atoms with Crippen molar-refractivity contribution in [1.82, 2.24) is 25.4 Å². The molecule has 0 saturated heterocycles. The minimum atomic E-state index is -0.761. The molecule has 0 radical (unpaired) electrons. The minimum absolute atomic E-state index is 0.156. The minimum Gasteiger partial charge on any atom is -0.354 e. The van der Waals surface area contributed by atoms with Gasteiger partial charge in [0.1, 0.15) is 6.04 Å². The van der Waals surface area contributed by atoms with Gasteiger partial charge in [0.15, 0.2) is 0 Å². The van der Waals surface area contributed by atoms with Gasteiger partial charge in [-0.15, -0.1) is 6.58 Å². The van der Waals surface area contributed by atoms with Crippen molar-refractivity contribution in [1.29, 1.82) is 0 Å². The molecule has 204 valence electrons. The average molecular weight is 536 g/mol. The van der Waals surface area contributed by atoms with Gasteiger partial charge in [0.2, 0.25) is 5.91 Å². The lowest BCUT2D eigenvalue weighted by atomic mass is 9.94. The summed E-state index contributed by atoms with van der Waals surface area (Å²) < 4.78 is 0. The van der Waals surface area contributed by atoms with Gasteiger partial charge in [0.05, 0.1) is 23.9 Å². The molecule has 4 amide bonds. The summed E-state index contributed by atoms with van der Waals surface area (Å²) in [4.78, 5) is 48.5. The van der Waals surface area contributed by atoms with Gasteiger partial charge < -0.3 is 15.5 Å². The fraction of sp³-hybridized carbons (Fsp3) is 0.250. The number of nitrogens with one attached hydrogen (secondary N) is 2. The molecule has 2 aliphatic rings. The molecule has 8 heteroatoms. The monoisotopic (exact) mass is 535 g/mol. The smallest absolute Gasteiger partial charge is 0.322 e. The summed E-state index contributed by atoms with van der Waals surface area (Å²) in [6.45, 7) is 6.59. The summed E-state index contributed by atoms with van der Waals surface area (Å²) in [5.41, 5.74) is 4.82. The van der Waals surface area contributed by atoms with Crippen molar-refractivity contribution in [2.45, 2.75) is 31.8 Å². The fourth-order valence-electron chi connectivity index (χ4n) is 5.26. The predicted molar refractivity (Wildman–Crippen MR) is 153 cm³/mol. The number of amides is 4. The maximum absolute atomic E-state index is 14.2. The van der Waals surface area contributed by atoms with Gasteiger partial charge in [0.25, 0.3) is 5.91 Å². The van der Waals surface area contributed by atoms with E-state index in [-0.39, 0.29) is 30.9 Å². The van der Waals surface area contributed by atoms with Crippen LogP contribution in [-0.2, 0) is 22.4 Å². The van der Waals surface area contributed by atoms with E-state index in [4.69, 9.17) is 0 Å². The highest BCUT2D eigenvalue weighted by Crippen LogP contribution is 2.37. The van der Waals surface area contributed by atoms with Gasteiger partial charge in [-0.1, -0.05) is 72.3 Å². The van der Waals surface area contributed by atoms with Gasteiger partial charge in [-0.3, -0.25) is 19.5 Å². The number of pyridine rings is 1. The molecule has 0 spiro atoms. The van der Waals surface area contributed by atoms with Gasteiger partial charge in [-0.2, -0.15) is 0 Å². The molecule has 0 bridgehead atoms. The zero-order valence-electron chi connectivity index (χ0n) is 22.5. The quantitative estimate of drug-likeness (QED) is 0.387. The molecule has 2 aliphatic heterocycles. The second kappa shape index (κ2) is 12.0. The Hall–Kier alpha value is -4.72. The highest BCUT2D eigenvalue weighted by atomic mass is 16.2. The van der Waals surface area contributed by atoms with Crippen molar-refractivity contribution in [2.24, 2.45) is 0 Å². The molecule has 3 aromatic rings. The summed E-state index contributed by atoms with van der Waals surface area (Å²) in [5, 5.41) is 6.03. The first-order valence-electron chi connectivity index (χ1n) is 13.5. The first-order chi connectivity index (χ1) is 19.5. The largest absolute Gasteiger partial charge is 0.354 e. The zero-order chi connectivity index (χ0) is 28.1. The van der Waals surface area contributed by atoms with Crippen molar-refractivity contribution in [2.75, 3.05) is 19.6 Å². The molecule has 40 heavy (non-hydrogen) atoms. The van der Waals surface area contributed by atoms with Crippen molar-refractivity contribution in [3.8, 4) is 0 Å². The zero-order valence-corrected chi connectivity index (χ0v) is 22.5. The fourth-order valence-corrected chi connectivity index (χ4v) is 5.26. The van der Waals surface area contributed by atoms with Crippen LogP contribution in [0.2, 0.25) is 0 Å². The number of aromatic nitrogens is 1. The standard InChI is InChI=1S/C32H33N5O3/c1-3-19-36-27-21-37(31(39)28(27)29(35-32(36)40)24-14-12-22(2)13-15-24)26(20-23-9-5-4-6-10-23)30(38)34-18-16-25-11-7-8-17-33-25/h3-15,17,26,29H,1,16,18-21H2,2H3,(H,34,38)(H,35,40)/t26-,29+/m1/s1. The van der Waals surface area contributed by atoms with E-state index in [0.29, 0.717) is 30.7 Å². The molecule has 2 aromatic carbocycles. The van der Waals surface area contributed by atoms with Crippen LogP contribution in [0.15, 0.2) is 103 Å². The Morgan fingerprint density at radius 2 is 1.85 bits per heavy atom. The highest BCUT2D eigenvalue weighted by Gasteiger charge is 2.46. The Kier molecular flexibility index (Phi) is 8.05. The number of benzene rings is 2. The van der Waals surface area contributed by atoms with E-state index in [0.717, 1.165) is 22.4 Å². The summed E-state index contributed by atoms with van der Waals surface area (Å²) in [7, 11) is 0. The van der Waals surface area contributed by atoms with E-state index >= 15 is 0 Å². The molecule has 5 rings (SSSR count). The average Bonchev–Trinajstić information content (AvgIpc) is 3.31. The van der Waals surface area contributed by atoms with Gasteiger partial charge in [-0.25, -0.2) is 4.79 Å². The van der Waals surface area contributed by atoms with Crippen molar-refractivity contribution < 1.29 is 14.4 Å². The number of hydrogen-bond donors (Lipinski definition) is 2. The second-order valence-corrected chi connectivity index (χ2v) is 10.1. The van der Waals surface area contributed by atoms with Crippen molar-refractivity contribution in [3.05, 3.63) is 125 Å². The third-order valence-corrected chi connectivity index (χ3v) is 7.33. The van der Waals surface area contributed by atoms with Gasteiger partial charge in [0, 0.05) is 37.8 Å². The van der Waals surface area contributed by atoms with Crippen LogP contribution in [0, 0.1) is 6.92 Å².